The Labute approximate surface area is 215 Å². The van der Waals surface area contributed by atoms with Gasteiger partial charge in [-0.2, -0.15) is 0 Å². The molecule has 8 nitrogen and oxygen atoms in total. The largest absolute Gasteiger partial charge is 0.477 e. The molecule has 1 unspecified atom stereocenters. The molecule has 182 valence electrons. The van der Waals surface area contributed by atoms with Gasteiger partial charge < -0.3 is 14.9 Å². The zero-order chi connectivity index (χ0) is 25.1. The number of carbonyl (C=O) groups excluding carboxylic acids is 2. The number of aromatic nitrogens is 1. The van der Waals surface area contributed by atoms with Crippen LogP contribution >= 0.6 is 23.5 Å². The number of aliphatic carboxylic acids is 1. The van der Waals surface area contributed by atoms with E-state index in [1.54, 1.807) is 18.2 Å². The van der Waals surface area contributed by atoms with Gasteiger partial charge in [0, 0.05) is 22.3 Å². The molecule has 1 aromatic heterocycles. The lowest BCUT2D eigenvalue weighted by atomic mass is 10.0. The van der Waals surface area contributed by atoms with E-state index < -0.39 is 23.3 Å². The van der Waals surface area contributed by atoms with Crippen molar-refractivity contribution in [2.75, 3.05) is 11.5 Å². The molecule has 2 amide bonds. The number of β-lactam (4-membered cyclic amide) rings is 1. The van der Waals surface area contributed by atoms with Gasteiger partial charge in [0.1, 0.15) is 22.8 Å². The molecule has 0 radical (unpaired) electrons. The van der Waals surface area contributed by atoms with E-state index >= 15 is 0 Å². The van der Waals surface area contributed by atoms with Crippen LogP contribution in [0.1, 0.15) is 5.76 Å². The standard InChI is InChI=1S/C26H21N3O5S2/c30-21(15-35-19-9-5-2-6-10-19)27-22-24(31)29-23(26(32)33)17(14-36-25(22)29)11-12-18-13-20(28-34-18)16-7-3-1-4-8-16/h1-13,22,25H,14-15H2,(H,27,30)(H,32,33)/b12-11+/t22-,25?/m1/s1. The van der Waals surface area contributed by atoms with Crippen LogP contribution in [0.2, 0.25) is 0 Å². The van der Waals surface area contributed by atoms with E-state index in [0.29, 0.717) is 22.8 Å². The predicted octanol–water partition coefficient (Wildman–Crippen LogP) is 3.89. The maximum atomic E-state index is 12.8. The van der Waals surface area contributed by atoms with Crippen LogP contribution in [0.3, 0.4) is 0 Å². The number of carbonyl (C=O) groups is 3. The molecule has 0 spiro atoms. The number of nitrogens with one attached hydrogen (secondary N) is 1. The van der Waals surface area contributed by atoms with E-state index in [1.807, 2.05) is 60.7 Å². The van der Waals surface area contributed by atoms with Gasteiger partial charge >= 0.3 is 5.97 Å². The normalized spacial score (nSPS) is 19.2. The van der Waals surface area contributed by atoms with Crippen molar-refractivity contribution in [3.8, 4) is 11.3 Å². The summed E-state index contributed by atoms with van der Waals surface area (Å²) >= 11 is 2.79. The summed E-state index contributed by atoms with van der Waals surface area (Å²) in [6.45, 7) is 0. The summed E-state index contributed by atoms with van der Waals surface area (Å²) in [5.41, 5.74) is 1.98. The summed E-state index contributed by atoms with van der Waals surface area (Å²) in [5.74, 6) is -0.886. The van der Waals surface area contributed by atoms with Gasteiger partial charge in [0.15, 0.2) is 5.76 Å². The number of hydrogen-bond donors (Lipinski definition) is 2. The third-order valence-electron chi connectivity index (χ3n) is 5.68. The van der Waals surface area contributed by atoms with Gasteiger partial charge in [0.2, 0.25) is 5.91 Å². The van der Waals surface area contributed by atoms with Gasteiger partial charge in [0.25, 0.3) is 5.91 Å². The van der Waals surface area contributed by atoms with Crippen LogP contribution in [-0.2, 0) is 14.4 Å². The molecule has 0 bridgehead atoms. The summed E-state index contributed by atoms with van der Waals surface area (Å²) in [6.07, 6.45) is 3.28. The molecule has 2 aliphatic heterocycles. The molecule has 0 saturated carbocycles. The van der Waals surface area contributed by atoms with Crippen LogP contribution in [0.4, 0.5) is 0 Å². The quantitative estimate of drug-likeness (QED) is 0.341. The zero-order valence-electron chi connectivity index (χ0n) is 18.9. The second-order valence-electron chi connectivity index (χ2n) is 8.05. The number of carboxylic acid groups (broad SMARTS) is 1. The number of hydrogen-bond acceptors (Lipinski definition) is 7. The van der Waals surface area contributed by atoms with Crippen LogP contribution in [0.15, 0.2) is 93.5 Å². The average molecular weight is 520 g/mol. The first-order valence-electron chi connectivity index (χ1n) is 11.1. The zero-order valence-corrected chi connectivity index (χ0v) is 20.5. The van der Waals surface area contributed by atoms with Crippen molar-refractivity contribution < 1.29 is 24.0 Å². The minimum Gasteiger partial charge on any atom is -0.477 e. The molecule has 1 fully saturated rings. The molecule has 2 aromatic carbocycles. The van der Waals surface area contributed by atoms with Crippen molar-refractivity contribution >= 4 is 47.4 Å². The summed E-state index contributed by atoms with van der Waals surface area (Å²) in [4.78, 5) is 39.5. The van der Waals surface area contributed by atoms with Crippen molar-refractivity contribution in [1.82, 2.24) is 15.4 Å². The van der Waals surface area contributed by atoms with Crippen LogP contribution in [-0.4, -0.2) is 55.9 Å². The minimum atomic E-state index is -1.19. The number of carboxylic acids is 1. The van der Waals surface area contributed by atoms with Crippen molar-refractivity contribution in [2.24, 2.45) is 0 Å². The maximum Gasteiger partial charge on any atom is 0.352 e. The van der Waals surface area contributed by atoms with E-state index in [-0.39, 0.29) is 17.4 Å². The predicted molar refractivity (Wildman–Crippen MR) is 138 cm³/mol. The fraction of sp³-hybridized carbons (Fsp3) is 0.154. The number of benzene rings is 2. The Hall–Kier alpha value is -3.76. The monoisotopic (exact) mass is 519 g/mol. The highest BCUT2D eigenvalue weighted by atomic mass is 32.2. The highest BCUT2D eigenvalue weighted by molar-refractivity contribution is 8.00. The highest BCUT2D eigenvalue weighted by Crippen LogP contribution is 2.41. The topological polar surface area (TPSA) is 113 Å². The molecule has 0 aliphatic carbocycles. The molecule has 1 saturated heterocycles. The van der Waals surface area contributed by atoms with Crippen molar-refractivity contribution in [2.45, 2.75) is 16.3 Å². The van der Waals surface area contributed by atoms with Crippen LogP contribution < -0.4 is 5.32 Å². The van der Waals surface area contributed by atoms with Crippen LogP contribution in [0.25, 0.3) is 17.3 Å². The van der Waals surface area contributed by atoms with Crippen LogP contribution in [0, 0.1) is 0 Å². The molecule has 5 rings (SSSR count). The van der Waals surface area contributed by atoms with Crippen molar-refractivity contribution in [3.05, 3.63) is 89.8 Å². The van der Waals surface area contributed by atoms with E-state index in [1.165, 1.54) is 28.4 Å². The Morgan fingerprint density at radius 1 is 1.14 bits per heavy atom. The lowest BCUT2D eigenvalue weighted by Gasteiger charge is -2.49. The molecule has 3 heterocycles. The fourth-order valence-electron chi connectivity index (χ4n) is 3.95. The van der Waals surface area contributed by atoms with Gasteiger partial charge in [-0.05, 0) is 23.8 Å². The molecule has 3 aromatic rings. The first-order valence-corrected chi connectivity index (χ1v) is 13.1. The van der Waals surface area contributed by atoms with Crippen molar-refractivity contribution in [3.63, 3.8) is 0 Å². The second kappa shape index (κ2) is 10.5. The van der Waals surface area contributed by atoms with Crippen LogP contribution in [0.5, 0.6) is 0 Å². The number of fused-ring (bicyclic) bond motifs is 1. The van der Waals surface area contributed by atoms with Gasteiger partial charge in [-0.25, -0.2) is 4.79 Å². The van der Waals surface area contributed by atoms with E-state index in [0.717, 1.165) is 10.5 Å². The average Bonchev–Trinajstić information content (AvgIpc) is 3.39. The summed E-state index contributed by atoms with van der Waals surface area (Å²) in [7, 11) is 0. The van der Waals surface area contributed by atoms with Gasteiger partial charge in [-0.3, -0.25) is 14.5 Å². The SMILES string of the molecule is O=C(CSc1ccccc1)N[C@@H]1C(=O)N2C(C(=O)O)=C(/C=C/c3cc(-c4ccccc4)no3)CSC12. The van der Waals surface area contributed by atoms with Gasteiger partial charge in [0.05, 0.1) is 5.75 Å². The van der Waals surface area contributed by atoms with Gasteiger partial charge in [-0.1, -0.05) is 59.8 Å². The number of allylic oxidation sites excluding steroid dienone is 1. The summed E-state index contributed by atoms with van der Waals surface area (Å²) in [6, 6.07) is 20.1. The lowest BCUT2D eigenvalue weighted by molar-refractivity contribution is -0.150. The second-order valence-corrected chi connectivity index (χ2v) is 10.2. The Kier molecular flexibility index (Phi) is 6.97. The molecule has 36 heavy (non-hydrogen) atoms. The molecular formula is C26H21N3O5S2. The number of rotatable bonds is 8. The maximum absolute atomic E-state index is 12.8. The minimum absolute atomic E-state index is 0.0769. The van der Waals surface area contributed by atoms with Crippen molar-refractivity contribution in [1.29, 1.82) is 0 Å². The highest BCUT2D eigenvalue weighted by Gasteiger charge is 2.53. The molecule has 2 atom stereocenters. The summed E-state index contributed by atoms with van der Waals surface area (Å²) in [5, 5.41) is 16.2. The number of nitrogens with zero attached hydrogens (tertiary/aromatic N) is 2. The Balaban J connectivity index is 1.26. The van der Waals surface area contributed by atoms with E-state index in [4.69, 9.17) is 4.52 Å². The molecule has 2 aliphatic rings. The Morgan fingerprint density at radius 2 is 1.86 bits per heavy atom. The third kappa shape index (κ3) is 4.95. The summed E-state index contributed by atoms with van der Waals surface area (Å²) < 4.78 is 5.36. The molecule has 10 heteroatoms. The number of thioether (sulfide) groups is 2. The smallest absolute Gasteiger partial charge is 0.352 e. The fourth-order valence-corrected chi connectivity index (χ4v) is 6.00. The third-order valence-corrected chi connectivity index (χ3v) is 7.99. The molecular weight excluding hydrogens is 498 g/mol. The Morgan fingerprint density at radius 3 is 2.58 bits per heavy atom. The van der Waals surface area contributed by atoms with Gasteiger partial charge in [-0.15, -0.1) is 23.5 Å². The number of amides is 2. The Bertz CT molecular complexity index is 1350. The lowest BCUT2D eigenvalue weighted by Crippen LogP contribution is -2.70. The van der Waals surface area contributed by atoms with E-state index in [9.17, 15) is 19.5 Å². The van der Waals surface area contributed by atoms with E-state index in [2.05, 4.69) is 10.5 Å². The first-order chi connectivity index (χ1) is 17.5. The first kappa shape index (κ1) is 24.0. The molecule has 2 N–H and O–H groups in total.